The van der Waals surface area contributed by atoms with Gasteiger partial charge in [-0.15, -0.1) is 0 Å². The molecule has 97 heavy (non-hydrogen) atoms. The molecule has 0 saturated carbocycles. The van der Waals surface area contributed by atoms with Crippen LogP contribution < -0.4 is 0 Å². The second-order valence-corrected chi connectivity index (χ2v) is 30.5. The first kappa shape index (κ1) is 84.7. The maximum Gasteiger partial charge on any atom is 0.331 e. The lowest BCUT2D eigenvalue weighted by Gasteiger charge is -2.38. The Morgan fingerprint density at radius 2 is 0.918 bits per heavy atom. The number of hydrogen-bond donors (Lipinski definition) is 9. The number of cyclic esters (lactones) is 2. The highest BCUT2D eigenvalue weighted by atomic mass is 16.6. The number of hydrogen-bond acceptors (Lipinski definition) is 20. The van der Waals surface area contributed by atoms with Crippen molar-refractivity contribution in [3.63, 3.8) is 0 Å². The van der Waals surface area contributed by atoms with Gasteiger partial charge in [0.15, 0.2) is 0 Å². The second-order valence-electron chi connectivity index (χ2n) is 30.5. The number of carbonyl (C=O) groups excluding carboxylic acids is 2. The third-order valence-corrected chi connectivity index (χ3v) is 22.3. The van der Waals surface area contributed by atoms with Gasteiger partial charge in [0, 0.05) is 88.3 Å². The molecule has 20 heteroatoms. The van der Waals surface area contributed by atoms with Crippen LogP contribution in [0, 0.1) is 47.3 Å². The molecule has 0 aromatic rings. The Hall–Kier alpha value is -3.00. The van der Waals surface area contributed by atoms with Crippen molar-refractivity contribution in [1.29, 1.82) is 0 Å². The van der Waals surface area contributed by atoms with Crippen LogP contribution in [-0.4, -0.2) is 214 Å². The monoisotopic (exact) mass is 1380 g/mol. The Kier molecular flexibility index (Phi) is 37.1. The topological polar surface area (TPSA) is 299 Å². The normalized spacial score (nSPS) is 41.2. The largest absolute Gasteiger partial charge is 0.458 e. The van der Waals surface area contributed by atoms with Crippen molar-refractivity contribution < 1.29 is 98.2 Å². The van der Waals surface area contributed by atoms with Crippen LogP contribution in [0.2, 0.25) is 0 Å². The van der Waals surface area contributed by atoms with E-state index in [1.807, 2.05) is 86.6 Å². The van der Waals surface area contributed by atoms with E-state index in [1.165, 1.54) is 12.2 Å². The van der Waals surface area contributed by atoms with E-state index >= 15 is 0 Å². The van der Waals surface area contributed by atoms with Gasteiger partial charge in [-0.2, -0.15) is 0 Å². The first-order valence-electron chi connectivity index (χ1n) is 37.0. The fourth-order valence-electron chi connectivity index (χ4n) is 15.5. The SMILES string of the molecule is CO[C@H]1C[C@H](CC[C@H](C)[C@H](O)[C@H](C)[C@H]2OC(=O)/C=C\C(C)=C/C[C@H](O)C[C@@H]3CCC[C@H](C[C@H](OC)[C@@H](C)[C@@H](O)C[C@@H](O)[C@H](C)[C@@H]([C@@H](C)[C@@H](O)[C@@H](C)CC[C@H]4C[C@H](O)C[C@H](C)O4)OC(=O)C=C/C(C)=C\C[C@H](O)C[C@@H]4C=CC[C@H](C[C@H](OC)[C@@H](C)[C@@H](O)C[C@@H](O)[C@@H]2C)O4)O3)O[C@@H](C)C1. The highest BCUT2D eigenvalue weighted by Gasteiger charge is 2.42. The van der Waals surface area contributed by atoms with E-state index in [1.54, 1.807) is 54.3 Å². The van der Waals surface area contributed by atoms with Crippen molar-refractivity contribution >= 4 is 11.9 Å². The van der Waals surface area contributed by atoms with E-state index in [2.05, 4.69) is 0 Å². The van der Waals surface area contributed by atoms with Crippen molar-refractivity contribution in [2.24, 2.45) is 47.3 Å². The molecule has 20 nitrogen and oxygen atoms in total. The smallest absolute Gasteiger partial charge is 0.331 e. The van der Waals surface area contributed by atoms with Gasteiger partial charge in [0.05, 0.1) is 122 Å². The summed E-state index contributed by atoms with van der Waals surface area (Å²) in [6.45, 7) is 22.4. The summed E-state index contributed by atoms with van der Waals surface area (Å²) in [5, 5.41) is 105. The Balaban J connectivity index is 1.36. The number of methoxy groups -OCH3 is 3. The summed E-state index contributed by atoms with van der Waals surface area (Å²) < 4.78 is 55.6. The van der Waals surface area contributed by atoms with Crippen molar-refractivity contribution in [2.45, 2.75) is 346 Å². The first-order valence-corrected chi connectivity index (χ1v) is 37.0. The number of allylic oxidation sites excluding steroid dienone is 4. The van der Waals surface area contributed by atoms with E-state index in [0.717, 1.165) is 32.1 Å². The third-order valence-electron chi connectivity index (χ3n) is 22.3. The molecule has 3 saturated heterocycles. The molecule has 0 spiro atoms. The van der Waals surface area contributed by atoms with Crippen molar-refractivity contribution in [3.8, 4) is 0 Å². The summed E-state index contributed by atoms with van der Waals surface area (Å²) in [7, 11) is 4.88. The van der Waals surface area contributed by atoms with Crippen LogP contribution in [0.4, 0.5) is 0 Å². The predicted octanol–water partition coefficient (Wildman–Crippen LogP) is 9.68. The van der Waals surface area contributed by atoms with E-state index in [0.29, 0.717) is 75.4 Å². The van der Waals surface area contributed by atoms with Gasteiger partial charge >= 0.3 is 11.9 Å². The minimum atomic E-state index is -1.17. The Morgan fingerprint density at radius 1 is 0.474 bits per heavy atom. The summed E-state index contributed by atoms with van der Waals surface area (Å²) in [5.74, 6) is -5.54. The van der Waals surface area contributed by atoms with E-state index in [-0.39, 0.29) is 92.8 Å². The molecule has 0 amide bonds. The maximum absolute atomic E-state index is 13.9. The second kappa shape index (κ2) is 42.6. The molecule has 9 N–H and O–H groups in total. The molecular formula is C77H132O20. The predicted molar refractivity (Wildman–Crippen MR) is 373 cm³/mol. The molecule has 4 bridgehead atoms. The molecule has 3 fully saturated rings. The number of ether oxygens (including phenoxy) is 9. The first-order chi connectivity index (χ1) is 45.9. The number of esters is 2. The van der Waals surface area contributed by atoms with Gasteiger partial charge in [-0.25, -0.2) is 9.59 Å². The fraction of sp³-hybridized carbons (Fsp3) is 0.844. The maximum atomic E-state index is 13.9. The van der Waals surface area contributed by atoms with Crippen LogP contribution in [0.5, 0.6) is 0 Å². The van der Waals surface area contributed by atoms with E-state index < -0.39 is 133 Å². The third kappa shape index (κ3) is 28.3. The van der Waals surface area contributed by atoms with Crippen molar-refractivity contribution in [2.75, 3.05) is 21.3 Å². The van der Waals surface area contributed by atoms with E-state index in [9.17, 15) is 55.5 Å². The average molecular weight is 1380 g/mol. The van der Waals surface area contributed by atoms with E-state index in [4.69, 9.17) is 42.6 Å². The van der Waals surface area contributed by atoms with Gasteiger partial charge in [-0.05, 0) is 149 Å². The molecular weight excluding hydrogens is 1240 g/mol. The molecule has 5 aliphatic heterocycles. The Labute approximate surface area is 581 Å². The van der Waals surface area contributed by atoms with Crippen LogP contribution in [0.25, 0.3) is 0 Å². The van der Waals surface area contributed by atoms with Gasteiger partial charge in [-0.1, -0.05) is 103 Å². The average Bonchev–Trinajstić information content (AvgIpc) is 0.868. The lowest BCUT2D eigenvalue weighted by atomic mass is 9.78. The van der Waals surface area contributed by atoms with Crippen LogP contribution in [-0.2, 0) is 52.2 Å². The molecule has 0 aromatic carbocycles. The molecule has 30 atom stereocenters. The lowest BCUT2D eigenvalue weighted by Crippen LogP contribution is -2.45. The number of rotatable bonds is 15. The highest BCUT2D eigenvalue weighted by molar-refractivity contribution is 5.83. The summed E-state index contributed by atoms with van der Waals surface area (Å²) in [6.07, 6.45) is 11.0. The number of carbonyl (C=O) groups is 2. The molecule has 0 unspecified atom stereocenters. The fourth-order valence-corrected chi connectivity index (χ4v) is 15.5. The van der Waals surface area contributed by atoms with Gasteiger partial charge in [0.2, 0.25) is 0 Å². The molecule has 0 aromatic heterocycles. The zero-order chi connectivity index (χ0) is 71.8. The minimum absolute atomic E-state index is 0.0278. The van der Waals surface area contributed by atoms with Gasteiger partial charge in [0.25, 0.3) is 0 Å². The van der Waals surface area contributed by atoms with Crippen molar-refractivity contribution in [3.05, 3.63) is 59.8 Å². The zero-order valence-electron chi connectivity index (χ0n) is 61.6. The summed E-state index contributed by atoms with van der Waals surface area (Å²) in [6, 6.07) is 0. The van der Waals surface area contributed by atoms with Gasteiger partial charge in [0.1, 0.15) is 12.2 Å². The van der Waals surface area contributed by atoms with Crippen LogP contribution in [0.15, 0.2) is 59.8 Å². The summed E-state index contributed by atoms with van der Waals surface area (Å²) in [5.41, 5.74) is 1.39. The quantitative estimate of drug-likeness (QED) is 0.0544. The van der Waals surface area contributed by atoms with Crippen LogP contribution in [0.3, 0.4) is 0 Å². The zero-order valence-corrected chi connectivity index (χ0v) is 61.6. The molecule has 5 rings (SSSR count). The van der Waals surface area contributed by atoms with Gasteiger partial charge in [-0.3, -0.25) is 0 Å². The number of aliphatic hydroxyl groups is 9. The Bertz CT molecular complexity index is 2410. The molecule has 5 heterocycles. The highest BCUT2D eigenvalue weighted by Crippen LogP contribution is 2.37. The summed E-state index contributed by atoms with van der Waals surface area (Å²) in [4.78, 5) is 27.8. The van der Waals surface area contributed by atoms with Crippen LogP contribution in [0.1, 0.15) is 212 Å². The Morgan fingerprint density at radius 3 is 1.39 bits per heavy atom. The van der Waals surface area contributed by atoms with Crippen molar-refractivity contribution in [1.82, 2.24) is 0 Å². The van der Waals surface area contributed by atoms with Gasteiger partial charge < -0.3 is 88.6 Å². The lowest BCUT2D eigenvalue weighted by molar-refractivity contribution is -0.158. The minimum Gasteiger partial charge on any atom is -0.458 e. The standard InChI is InChI=1S/C77H132O20/c1-44-22-28-56(78)36-59-19-17-21-62(95-59)41-71(91-15)51(8)67(82)43-69(84)53(10)77(55(12)75(88)47(4)27-31-64-39-65(89-13)35-49(6)93-64)97-73(86)33-25-45(2)23-29-57(79)37-60-18-16-20-61(94-60)40-70(90-14)50(7)66(81)42-68(83)52(9)76(96-72(85)32-24-44)54(11)74(87)46(3)26-30-63-38-58(80)34-48(5)92-63/h17,19,22-25,32-33,46-71,74-84,87-88H,16,18,20-21,26-31,34-43H2,1-15H3/b32-24?,33-25-,44-22-,45-23-/t46-,47-,48-,49-,50-,51-,52-,53-,54-,55-,56-,57-,58+,59-,60-,61+,62+,63-,64-,65+,66-,67-,68+,69+,70-,71-,74-,75-,76-,77-/m0/s1. The molecule has 5 aliphatic rings. The molecule has 0 radical (unpaired) electrons. The number of aliphatic hydroxyl groups excluding tert-OH is 9. The van der Waals surface area contributed by atoms with Crippen LogP contribution >= 0.6 is 0 Å². The molecule has 560 valence electrons. The molecule has 0 aliphatic carbocycles. The number of fused-ring (bicyclic) bond motifs is 4. The summed E-state index contributed by atoms with van der Waals surface area (Å²) >= 11 is 0.